The third-order valence-electron chi connectivity index (χ3n) is 3.19. The molecule has 0 aliphatic carbocycles. The largest absolute Gasteiger partial charge is 0.342 e. The van der Waals surface area contributed by atoms with Gasteiger partial charge in [-0.1, -0.05) is 35.3 Å². The molecule has 20 heavy (non-hydrogen) atoms. The average Bonchev–Trinajstić information content (AvgIpc) is 2.84. The molecule has 3 aromatic rings. The Labute approximate surface area is 126 Å². The second-order valence-electron chi connectivity index (χ2n) is 4.66. The summed E-state index contributed by atoms with van der Waals surface area (Å²) in [4.78, 5) is 7.87. The summed E-state index contributed by atoms with van der Waals surface area (Å²) in [6, 6.07) is 11.6. The zero-order chi connectivity index (χ0) is 14.1. The molecular weight excluding hydrogens is 293 g/mol. The Morgan fingerprint density at radius 1 is 1.00 bits per heavy atom. The summed E-state index contributed by atoms with van der Waals surface area (Å²) in [5.74, 6) is 0.896. The van der Waals surface area contributed by atoms with Crippen LogP contribution >= 0.6 is 23.2 Å². The van der Waals surface area contributed by atoms with E-state index in [2.05, 4.69) is 9.97 Å². The molecule has 2 aromatic carbocycles. The van der Waals surface area contributed by atoms with E-state index in [9.17, 15) is 0 Å². The minimum atomic E-state index is 0.525. The average molecular weight is 306 g/mol. The monoisotopic (exact) mass is 305 g/mol. The maximum atomic E-state index is 6.02. The fourth-order valence-corrected chi connectivity index (χ4v) is 2.48. The SMILES string of the molecule is NCc1ccc2nc(Cc3ccc(Cl)c(Cl)c3)[nH]c2c1. The van der Waals surface area contributed by atoms with Crippen LogP contribution < -0.4 is 5.73 Å². The summed E-state index contributed by atoms with van der Waals surface area (Å²) in [5.41, 5.74) is 9.74. The van der Waals surface area contributed by atoms with E-state index in [-0.39, 0.29) is 0 Å². The molecule has 1 aromatic heterocycles. The number of halogens is 2. The van der Waals surface area contributed by atoms with Crippen molar-refractivity contribution >= 4 is 34.2 Å². The van der Waals surface area contributed by atoms with E-state index in [1.54, 1.807) is 6.07 Å². The van der Waals surface area contributed by atoms with E-state index in [1.807, 2.05) is 30.3 Å². The molecule has 102 valence electrons. The molecule has 0 aliphatic heterocycles. The second-order valence-corrected chi connectivity index (χ2v) is 5.48. The number of nitrogens with one attached hydrogen (secondary N) is 1. The molecule has 3 rings (SSSR count). The highest BCUT2D eigenvalue weighted by atomic mass is 35.5. The number of aromatic amines is 1. The van der Waals surface area contributed by atoms with Gasteiger partial charge in [-0.15, -0.1) is 0 Å². The standard InChI is InChI=1S/C15H13Cl2N3/c16-11-3-1-9(5-12(11)17)7-15-19-13-4-2-10(8-18)6-14(13)20-15/h1-6H,7-8,18H2,(H,19,20). The molecule has 0 saturated heterocycles. The van der Waals surface area contributed by atoms with Crippen LogP contribution in [0.2, 0.25) is 10.0 Å². The van der Waals surface area contributed by atoms with E-state index < -0.39 is 0 Å². The van der Waals surface area contributed by atoms with Gasteiger partial charge < -0.3 is 10.7 Å². The van der Waals surface area contributed by atoms with Gasteiger partial charge in [-0.2, -0.15) is 0 Å². The van der Waals surface area contributed by atoms with E-state index in [0.29, 0.717) is 23.0 Å². The smallest absolute Gasteiger partial charge is 0.111 e. The highest BCUT2D eigenvalue weighted by Crippen LogP contribution is 2.24. The summed E-state index contributed by atoms with van der Waals surface area (Å²) >= 11 is 11.9. The van der Waals surface area contributed by atoms with E-state index >= 15 is 0 Å². The van der Waals surface area contributed by atoms with Gasteiger partial charge in [-0.25, -0.2) is 4.98 Å². The first kappa shape index (κ1) is 13.4. The van der Waals surface area contributed by atoms with E-state index in [1.165, 1.54) is 0 Å². The number of benzene rings is 2. The van der Waals surface area contributed by atoms with Crippen molar-refractivity contribution in [2.75, 3.05) is 0 Å². The fraction of sp³-hybridized carbons (Fsp3) is 0.133. The Morgan fingerprint density at radius 2 is 1.80 bits per heavy atom. The lowest BCUT2D eigenvalue weighted by Gasteiger charge is -2.00. The first-order valence-electron chi connectivity index (χ1n) is 6.27. The number of hydrogen-bond donors (Lipinski definition) is 2. The summed E-state index contributed by atoms with van der Waals surface area (Å²) in [5, 5.41) is 1.12. The number of rotatable bonds is 3. The first-order valence-corrected chi connectivity index (χ1v) is 7.03. The van der Waals surface area contributed by atoms with Gasteiger partial charge >= 0.3 is 0 Å². The lowest BCUT2D eigenvalue weighted by molar-refractivity contribution is 1.04. The van der Waals surface area contributed by atoms with Crippen LogP contribution in [0.15, 0.2) is 36.4 Å². The van der Waals surface area contributed by atoms with Gasteiger partial charge in [-0.3, -0.25) is 0 Å². The minimum Gasteiger partial charge on any atom is -0.342 e. The molecule has 3 nitrogen and oxygen atoms in total. The molecule has 0 fully saturated rings. The van der Waals surface area contributed by atoms with Gasteiger partial charge in [-0.05, 0) is 35.4 Å². The predicted molar refractivity (Wildman–Crippen MR) is 83.3 cm³/mol. The van der Waals surface area contributed by atoms with Crippen LogP contribution in [0.1, 0.15) is 17.0 Å². The molecule has 1 heterocycles. The van der Waals surface area contributed by atoms with Crippen molar-refractivity contribution in [1.29, 1.82) is 0 Å². The highest BCUT2D eigenvalue weighted by molar-refractivity contribution is 6.42. The normalized spacial score (nSPS) is 11.2. The highest BCUT2D eigenvalue weighted by Gasteiger charge is 2.06. The zero-order valence-corrected chi connectivity index (χ0v) is 12.2. The Balaban J connectivity index is 1.92. The molecular formula is C15H13Cl2N3. The van der Waals surface area contributed by atoms with Gasteiger partial charge in [0.05, 0.1) is 21.1 Å². The predicted octanol–water partition coefficient (Wildman–Crippen LogP) is 3.92. The van der Waals surface area contributed by atoms with Gasteiger partial charge in [0.15, 0.2) is 0 Å². The van der Waals surface area contributed by atoms with Crippen LogP contribution in [0.3, 0.4) is 0 Å². The minimum absolute atomic E-state index is 0.525. The number of fused-ring (bicyclic) bond motifs is 1. The topological polar surface area (TPSA) is 54.7 Å². The van der Waals surface area contributed by atoms with Crippen LogP contribution in [-0.4, -0.2) is 9.97 Å². The summed E-state index contributed by atoms with van der Waals surface area (Å²) < 4.78 is 0. The van der Waals surface area contributed by atoms with Gasteiger partial charge in [0.25, 0.3) is 0 Å². The molecule has 0 atom stereocenters. The number of hydrogen-bond acceptors (Lipinski definition) is 2. The summed E-state index contributed by atoms with van der Waals surface area (Å²) in [6.07, 6.45) is 0.684. The lowest BCUT2D eigenvalue weighted by atomic mass is 10.1. The van der Waals surface area contributed by atoms with Crippen LogP contribution in [0.25, 0.3) is 11.0 Å². The molecule has 0 unspecified atom stereocenters. The summed E-state index contributed by atoms with van der Waals surface area (Å²) in [7, 11) is 0. The van der Waals surface area contributed by atoms with Crippen molar-refractivity contribution < 1.29 is 0 Å². The third kappa shape index (κ3) is 2.66. The van der Waals surface area contributed by atoms with Crippen molar-refractivity contribution in [1.82, 2.24) is 9.97 Å². The maximum Gasteiger partial charge on any atom is 0.111 e. The maximum absolute atomic E-state index is 6.02. The zero-order valence-electron chi connectivity index (χ0n) is 10.7. The van der Waals surface area contributed by atoms with Gasteiger partial charge in [0.1, 0.15) is 5.82 Å². The Morgan fingerprint density at radius 3 is 2.55 bits per heavy atom. The molecule has 0 radical (unpaired) electrons. The van der Waals surface area contributed by atoms with Crippen molar-refractivity contribution in [3.63, 3.8) is 0 Å². The first-order chi connectivity index (χ1) is 9.65. The van der Waals surface area contributed by atoms with E-state index in [4.69, 9.17) is 28.9 Å². The number of nitrogens with zero attached hydrogens (tertiary/aromatic N) is 1. The summed E-state index contributed by atoms with van der Waals surface area (Å²) in [6.45, 7) is 0.525. The molecule has 0 saturated carbocycles. The fourth-order valence-electron chi connectivity index (χ4n) is 2.16. The molecule has 0 spiro atoms. The Hall–Kier alpha value is -1.55. The van der Waals surface area contributed by atoms with Crippen LogP contribution in [0.5, 0.6) is 0 Å². The quantitative estimate of drug-likeness (QED) is 0.770. The Bertz CT molecular complexity index is 765. The number of imidazole rings is 1. The van der Waals surface area contributed by atoms with E-state index in [0.717, 1.165) is 28.0 Å². The van der Waals surface area contributed by atoms with Crippen molar-refractivity contribution in [3.05, 3.63) is 63.4 Å². The molecule has 0 aliphatic rings. The lowest BCUT2D eigenvalue weighted by Crippen LogP contribution is -1.95. The van der Waals surface area contributed by atoms with Crippen molar-refractivity contribution in [3.8, 4) is 0 Å². The van der Waals surface area contributed by atoms with Crippen LogP contribution in [0, 0.1) is 0 Å². The van der Waals surface area contributed by atoms with Crippen LogP contribution in [-0.2, 0) is 13.0 Å². The van der Waals surface area contributed by atoms with Gasteiger partial charge in [0, 0.05) is 13.0 Å². The number of nitrogens with two attached hydrogens (primary N) is 1. The Kier molecular flexibility index (Phi) is 3.66. The molecule has 5 heteroatoms. The molecule has 0 bridgehead atoms. The number of aromatic nitrogens is 2. The third-order valence-corrected chi connectivity index (χ3v) is 3.93. The van der Waals surface area contributed by atoms with Crippen LogP contribution in [0.4, 0.5) is 0 Å². The van der Waals surface area contributed by atoms with Crippen molar-refractivity contribution in [2.45, 2.75) is 13.0 Å². The van der Waals surface area contributed by atoms with Gasteiger partial charge in [0.2, 0.25) is 0 Å². The van der Waals surface area contributed by atoms with Crippen molar-refractivity contribution in [2.24, 2.45) is 5.73 Å². The molecule has 0 amide bonds. The molecule has 3 N–H and O–H groups in total. The second kappa shape index (κ2) is 5.44. The number of H-pyrrole nitrogens is 1.